The van der Waals surface area contributed by atoms with Gasteiger partial charge in [-0.3, -0.25) is 0 Å². The minimum absolute atomic E-state index is 0.0587. The molecule has 0 aliphatic heterocycles. The Hall–Kier alpha value is -1.99. The molecule has 0 heterocycles. The fourth-order valence-corrected chi connectivity index (χ4v) is 1.59. The average molecular weight is 313 g/mol. The quantitative estimate of drug-likeness (QED) is 0.373. The van der Waals surface area contributed by atoms with Crippen molar-refractivity contribution >= 4 is 11.7 Å². The molecule has 1 aromatic carbocycles. The number of esters is 1. The summed E-state index contributed by atoms with van der Waals surface area (Å²) in [7, 11) is 1.57. The lowest BCUT2D eigenvalue weighted by Crippen LogP contribution is -2.16. The summed E-state index contributed by atoms with van der Waals surface area (Å²) in [4.78, 5) is 11.0. The van der Waals surface area contributed by atoms with Crippen molar-refractivity contribution in [1.82, 2.24) is 0 Å². The maximum atomic E-state index is 11.0. The summed E-state index contributed by atoms with van der Waals surface area (Å²) in [6.45, 7) is 3.52. The third kappa shape index (κ3) is 7.70. The van der Waals surface area contributed by atoms with Gasteiger partial charge in [0.15, 0.2) is 0 Å². The van der Waals surface area contributed by atoms with Crippen LogP contribution in [0, 0.1) is 0 Å². The van der Waals surface area contributed by atoms with Crippen LogP contribution in [0.1, 0.15) is 6.92 Å². The molecule has 0 radical (unpaired) electrons. The van der Waals surface area contributed by atoms with E-state index in [0.717, 1.165) is 0 Å². The lowest BCUT2D eigenvalue weighted by molar-refractivity contribution is -0.148. The second-order valence-electron chi connectivity index (χ2n) is 4.26. The first-order valence-electron chi connectivity index (χ1n) is 7.04. The van der Waals surface area contributed by atoms with E-state index < -0.39 is 0 Å². The van der Waals surface area contributed by atoms with E-state index in [1.54, 1.807) is 32.2 Å². The normalized spacial score (nSPS) is 10.3. The molecule has 0 saturated carbocycles. The van der Waals surface area contributed by atoms with Crippen molar-refractivity contribution in [2.75, 3.05) is 52.5 Å². The van der Waals surface area contributed by atoms with Crippen molar-refractivity contribution in [2.24, 2.45) is 0 Å². The van der Waals surface area contributed by atoms with Gasteiger partial charge in [0.05, 0.1) is 33.5 Å². The summed E-state index contributed by atoms with van der Waals surface area (Å²) in [5.41, 5.74) is 6.29. The van der Waals surface area contributed by atoms with Gasteiger partial charge >= 0.3 is 5.97 Å². The largest absolute Gasteiger partial charge is 0.497 e. The molecule has 0 aliphatic rings. The monoisotopic (exact) mass is 313 g/mol. The van der Waals surface area contributed by atoms with Gasteiger partial charge in [0, 0.05) is 23.9 Å². The van der Waals surface area contributed by atoms with Crippen LogP contribution in [0.4, 0.5) is 5.69 Å². The van der Waals surface area contributed by atoms with Crippen molar-refractivity contribution in [3.05, 3.63) is 18.2 Å². The predicted molar refractivity (Wildman–Crippen MR) is 81.2 cm³/mol. The number of carbonyl (C=O) groups excluding carboxylic acids is 1. The second-order valence-corrected chi connectivity index (χ2v) is 4.26. The van der Waals surface area contributed by atoms with Gasteiger partial charge in [0.2, 0.25) is 0 Å². The fraction of sp³-hybridized carbons (Fsp3) is 0.533. The Morgan fingerprint density at radius 1 is 1.05 bits per heavy atom. The van der Waals surface area contributed by atoms with E-state index in [-0.39, 0.29) is 12.6 Å². The van der Waals surface area contributed by atoms with Crippen LogP contribution in [0.3, 0.4) is 0 Å². The first-order valence-corrected chi connectivity index (χ1v) is 7.04. The zero-order valence-electron chi connectivity index (χ0n) is 13.0. The zero-order chi connectivity index (χ0) is 16.2. The highest BCUT2D eigenvalue weighted by molar-refractivity contribution is 5.70. The maximum Gasteiger partial charge on any atom is 0.332 e. The Bertz CT molecular complexity index is 452. The molecule has 0 bridgehead atoms. The van der Waals surface area contributed by atoms with Gasteiger partial charge in [-0.1, -0.05) is 0 Å². The minimum atomic E-state index is -0.374. The molecule has 0 aliphatic carbocycles. The van der Waals surface area contributed by atoms with Crippen LogP contribution in [0.25, 0.3) is 0 Å². The number of carbonyl (C=O) groups is 1. The van der Waals surface area contributed by atoms with Crippen LogP contribution < -0.4 is 15.2 Å². The lowest BCUT2D eigenvalue weighted by atomic mass is 10.3. The van der Waals surface area contributed by atoms with Gasteiger partial charge in [-0.15, -0.1) is 0 Å². The van der Waals surface area contributed by atoms with E-state index in [1.165, 1.54) is 0 Å². The number of benzene rings is 1. The van der Waals surface area contributed by atoms with Gasteiger partial charge < -0.3 is 29.4 Å². The Kier molecular flexibility index (Phi) is 8.78. The van der Waals surface area contributed by atoms with Crippen LogP contribution in [0.5, 0.6) is 11.5 Å². The molecule has 0 atom stereocenters. The molecule has 0 amide bonds. The SMILES string of the molecule is CCOC(=O)COCCOCCOc1cc(N)cc(OC)c1. The highest BCUT2D eigenvalue weighted by Gasteiger charge is 2.02. The zero-order valence-corrected chi connectivity index (χ0v) is 13.0. The third-order valence-electron chi connectivity index (χ3n) is 2.53. The number of hydrogen-bond donors (Lipinski definition) is 1. The highest BCUT2D eigenvalue weighted by Crippen LogP contribution is 2.23. The summed E-state index contributed by atoms with van der Waals surface area (Å²) in [6.07, 6.45) is 0. The van der Waals surface area contributed by atoms with Crippen molar-refractivity contribution in [1.29, 1.82) is 0 Å². The van der Waals surface area contributed by atoms with Crippen LogP contribution in [0.15, 0.2) is 18.2 Å². The summed E-state index contributed by atoms with van der Waals surface area (Å²) in [6, 6.07) is 5.17. The molecular formula is C15H23NO6. The number of rotatable bonds is 11. The molecule has 7 nitrogen and oxygen atoms in total. The molecule has 22 heavy (non-hydrogen) atoms. The smallest absolute Gasteiger partial charge is 0.332 e. The van der Waals surface area contributed by atoms with Gasteiger partial charge in [-0.25, -0.2) is 4.79 Å². The van der Waals surface area contributed by atoms with Gasteiger partial charge in [-0.05, 0) is 6.92 Å². The molecule has 1 rings (SSSR count). The summed E-state index contributed by atoms with van der Waals surface area (Å²) < 4.78 is 25.7. The molecule has 0 aromatic heterocycles. The van der Waals surface area contributed by atoms with Gasteiger partial charge in [-0.2, -0.15) is 0 Å². The Morgan fingerprint density at radius 3 is 2.45 bits per heavy atom. The predicted octanol–water partition coefficient (Wildman–Crippen LogP) is 1.25. The van der Waals surface area contributed by atoms with Crippen LogP contribution in [0.2, 0.25) is 0 Å². The minimum Gasteiger partial charge on any atom is -0.497 e. The number of hydrogen-bond acceptors (Lipinski definition) is 7. The molecule has 7 heteroatoms. The molecule has 124 valence electrons. The Labute approximate surface area is 130 Å². The third-order valence-corrected chi connectivity index (χ3v) is 2.53. The van der Waals surface area contributed by atoms with Crippen molar-refractivity contribution < 1.29 is 28.5 Å². The van der Waals surface area contributed by atoms with Crippen molar-refractivity contribution in [3.8, 4) is 11.5 Å². The topological polar surface area (TPSA) is 89.2 Å². The summed E-state index contributed by atoms with van der Waals surface area (Å²) in [5.74, 6) is 0.892. The number of anilines is 1. The summed E-state index contributed by atoms with van der Waals surface area (Å²) in [5, 5.41) is 0. The van der Waals surface area contributed by atoms with E-state index in [4.69, 9.17) is 29.4 Å². The van der Waals surface area contributed by atoms with Gasteiger partial charge in [0.25, 0.3) is 0 Å². The van der Waals surface area contributed by atoms with Gasteiger partial charge in [0.1, 0.15) is 24.7 Å². The van der Waals surface area contributed by atoms with Crippen molar-refractivity contribution in [2.45, 2.75) is 6.92 Å². The average Bonchev–Trinajstić information content (AvgIpc) is 2.49. The standard InChI is InChI=1S/C15H23NO6/c1-3-21-15(17)11-20-5-4-19-6-7-22-14-9-12(16)8-13(10-14)18-2/h8-10H,3-7,11,16H2,1-2H3. The number of nitrogens with two attached hydrogens (primary N) is 1. The first-order chi connectivity index (χ1) is 10.7. The molecule has 0 spiro atoms. The first kappa shape index (κ1) is 18.1. The maximum absolute atomic E-state index is 11.0. The van der Waals surface area contributed by atoms with E-state index in [2.05, 4.69) is 0 Å². The summed E-state index contributed by atoms with van der Waals surface area (Å²) >= 11 is 0. The molecule has 0 unspecified atom stereocenters. The van der Waals surface area contributed by atoms with Crippen LogP contribution >= 0.6 is 0 Å². The van der Waals surface area contributed by atoms with E-state index >= 15 is 0 Å². The number of ether oxygens (including phenoxy) is 5. The van der Waals surface area contributed by atoms with E-state index in [0.29, 0.717) is 50.2 Å². The fourth-order valence-electron chi connectivity index (χ4n) is 1.59. The molecule has 1 aromatic rings. The van der Waals surface area contributed by atoms with Crippen LogP contribution in [-0.2, 0) is 19.0 Å². The number of nitrogen functional groups attached to an aromatic ring is 1. The molecule has 0 saturated heterocycles. The molecule has 2 N–H and O–H groups in total. The Balaban J connectivity index is 2.06. The molecular weight excluding hydrogens is 290 g/mol. The number of methoxy groups -OCH3 is 1. The van der Waals surface area contributed by atoms with E-state index in [1.807, 2.05) is 0 Å². The van der Waals surface area contributed by atoms with E-state index in [9.17, 15) is 4.79 Å². The molecule has 0 fully saturated rings. The lowest BCUT2D eigenvalue weighted by Gasteiger charge is -2.09. The second kappa shape index (κ2) is 10.7. The Morgan fingerprint density at radius 2 is 1.73 bits per heavy atom. The van der Waals surface area contributed by atoms with Crippen LogP contribution in [-0.4, -0.2) is 52.7 Å². The highest BCUT2D eigenvalue weighted by atomic mass is 16.6. The van der Waals surface area contributed by atoms with Crippen molar-refractivity contribution in [3.63, 3.8) is 0 Å².